The molecule has 2 N–H and O–H groups in total. The molecule has 0 unspecified atom stereocenters. The molecular formula is C19H16Cl3N3O2. The Kier molecular flexibility index (Phi) is 6.39. The maximum Gasteiger partial charge on any atom is 0.291 e. The van der Waals surface area contributed by atoms with E-state index in [2.05, 4.69) is 10.4 Å². The van der Waals surface area contributed by atoms with Gasteiger partial charge in [0, 0.05) is 6.61 Å². The summed E-state index contributed by atoms with van der Waals surface area (Å²) in [4.78, 5) is 12.2. The number of aliphatic hydroxyl groups excluding tert-OH is 1. The van der Waals surface area contributed by atoms with Crippen LogP contribution in [0, 0.1) is 0 Å². The van der Waals surface area contributed by atoms with Crippen molar-refractivity contribution in [3.63, 3.8) is 0 Å². The third-order valence-corrected chi connectivity index (χ3v) is 5.08. The molecule has 1 atom stereocenters. The second-order valence-electron chi connectivity index (χ2n) is 5.81. The lowest BCUT2D eigenvalue weighted by molar-refractivity contribution is 0.280. The van der Waals surface area contributed by atoms with Crippen molar-refractivity contribution in [1.29, 1.82) is 0 Å². The lowest BCUT2D eigenvalue weighted by Crippen LogP contribution is -2.21. The van der Waals surface area contributed by atoms with Gasteiger partial charge in [0.2, 0.25) is 0 Å². The Hall–Kier alpha value is -2.05. The Morgan fingerprint density at radius 3 is 2.48 bits per heavy atom. The van der Waals surface area contributed by atoms with E-state index in [4.69, 9.17) is 34.8 Å². The van der Waals surface area contributed by atoms with Crippen LogP contribution in [0.4, 0.5) is 5.69 Å². The summed E-state index contributed by atoms with van der Waals surface area (Å²) in [6.45, 7) is 0.0326. The molecule has 0 spiro atoms. The van der Waals surface area contributed by atoms with Crippen LogP contribution in [-0.4, -0.2) is 21.5 Å². The van der Waals surface area contributed by atoms with Crippen molar-refractivity contribution in [2.24, 2.45) is 0 Å². The van der Waals surface area contributed by atoms with E-state index in [-0.39, 0.29) is 22.7 Å². The second-order valence-corrected chi connectivity index (χ2v) is 7.00. The highest BCUT2D eigenvalue weighted by atomic mass is 35.5. The van der Waals surface area contributed by atoms with Crippen molar-refractivity contribution in [3.05, 3.63) is 85.7 Å². The van der Waals surface area contributed by atoms with Crippen LogP contribution < -0.4 is 10.9 Å². The number of hydrogen-bond donors (Lipinski definition) is 2. The lowest BCUT2D eigenvalue weighted by Gasteiger charge is -2.21. The molecule has 0 radical (unpaired) electrons. The van der Waals surface area contributed by atoms with Crippen molar-refractivity contribution in [2.45, 2.75) is 12.5 Å². The Morgan fingerprint density at radius 2 is 1.81 bits per heavy atom. The standard InChI is InChI=1S/C19H16Cl3N3O2/c20-14-10-13(25-19(27)18(22)15(21)11-23-25)6-7-17(14)24-16(8-9-26)12-4-2-1-3-5-12/h1-7,10-11,16,24,26H,8-9H2/t16-/m1/s1. The van der Waals surface area contributed by atoms with E-state index in [0.29, 0.717) is 22.8 Å². The predicted octanol–water partition coefficient (Wildman–Crippen LogP) is 4.73. The molecule has 1 aromatic heterocycles. The van der Waals surface area contributed by atoms with E-state index in [0.717, 1.165) is 10.2 Å². The SMILES string of the molecule is O=c1c(Cl)c(Cl)cnn1-c1ccc(N[C@H](CCO)c2ccccc2)c(Cl)c1. The smallest absolute Gasteiger partial charge is 0.291 e. The molecule has 0 saturated heterocycles. The van der Waals surface area contributed by atoms with E-state index < -0.39 is 5.56 Å². The van der Waals surface area contributed by atoms with Gasteiger partial charge in [-0.05, 0) is 30.2 Å². The first-order chi connectivity index (χ1) is 13.0. The fraction of sp³-hybridized carbons (Fsp3) is 0.158. The molecule has 0 fully saturated rings. The van der Waals surface area contributed by atoms with E-state index in [1.54, 1.807) is 18.2 Å². The zero-order valence-electron chi connectivity index (χ0n) is 14.1. The minimum atomic E-state index is -0.525. The van der Waals surface area contributed by atoms with E-state index in [9.17, 15) is 9.90 Å². The summed E-state index contributed by atoms with van der Waals surface area (Å²) >= 11 is 18.1. The van der Waals surface area contributed by atoms with Gasteiger partial charge in [0.05, 0.1) is 33.7 Å². The summed E-state index contributed by atoms with van der Waals surface area (Å²) < 4.78 is 1.13. The van der Waals surface area contributed by atoms with Gasteiger partial charge < -0.3 is 10.4 Å². The molecule has 8 heteroatoms. The van der Waals surface area contributed by atoms with Crippen molar-refractivity contribution < 1.29 is 5.11 Å². The number of rotatable bonds is 6. The molecule has 140 valence electrons. The van der Waals surface area contributed by atoms with Gasteiger partial charge >= 0.3 is 0 Å². The fourth-order valence-electron chi connectivity index (χ4n) is 2.67. The predicted molar refractivity (Wildman–Crippen MR) is 109 cm³/mol. The Morgan fingerprint density at radius 1 is 1.07 bits per heavy atom. The number of aromatic nitrogens is 2. The summed E-state index contributed by atoms with van der Waals surface area (Å²) in [5, 5.41) is 17.1. The second kappa shape index (κ2) is 8.76. The first-order valence-corrected chi connectivity index (χ1v) is 9.30. The van der Waals surface area contributed by atoms with Gasteiger partial charge in [0.25, 0.3) is 5.56 Å². The summed E-state index contributed by atoms with van der Waals surface area (Å²) in [6, 6.07) is 14.7. The number of halogens is 3. The molecule has 27 heavy (non-hydrogen) atoms. The Balaban J connectivity index is 1.91. The number of benzene rings is 2. The fourth-order valence-corrected chi connectivity index (χ4v) is 3.16. The summed E-state index contributed by atoms with van der Waals surface area (Å²) in [7, 11) is 0. The molecule has 5 nitrogen and oxygen atoms in total. The number of nitrogens with zero attached hydrogens (tertiary/aromatic N) is 2. The van der Waals surface area contributed by atoms with Crippen LogP contribution in [0.15, 0.2) is 59.5 Å². The largest absolute Gasteiger partial charge is 0.396 e. The summed E-state index contributed by atoms with van der Waals surface area (Å²) in [5.74, 6) is 0. The van der Waals surface area contributed by atoms with Crippen molar-refractivity contribution >= 4 is 40.5 Å². The normalized spacial score (nSPS) is 12.0. The summed E-state index contributed by atoms with van der Waals surface area (Å²) in [5.41, 5.74) is 1.65. The number of aliphatic hydroxyl groups is 1. The monoisotopic (exact) mass is 423 g/mol. The number of anilines is 1. The molecule has 0 amide bonds. The van der Waals surface area contributed by atoms with E-state index in [1.807, 2.05) is 30.3 Å². The van der Waals surface area contributed by atoms with Crippen LogP contribution in [0.2, 0.25) is 15.1 Å². The van der Waals surface area contributed by atoms with Gasteiger partial charge in [0.15, 0.2) is 0 Å². The molecular weight excluding hydrogens is 409 g/mol. The van der Waals surface area contributed by atoms with Gasteiger partial charge in [-0.25, -0.2) is 0 Å². The highest BCUT2D eigenvalue weighted by Crippen LogP contribution is 2.29. The lowest BCUT2D eigenvalue weighted by atomic mass is 10.0. The summed E-state index contributed by atoms with van der Waals surface area (Å²) in [6.07, 6.45) is 1.83. The third-order valence-electron chi connectivity index (χ3n) is 4.02. The van der Waals surface area contributed by atoms with Gasteiger partial charge in [-0.2, -0.15) is 9.78 Å². The van der Waals surface area contributed by atoms with Gasteiger partial charge in [-0.3, -0.25) is 4.79 Å². The van der Waals surface area contributed by atoms with Gasteiger partial charge in [-0.1, -0.05) is 65.1 Å². The van der Waals surface area contributed by atoms with Crippen LogP contribution in [0.1, 0.15) is 18.0 Å². The Labute approximate surface area is 171 Å². The van der Waals surface area contributed by atoms with E-state index in [1.165, 1.54) is 6.20 Å². The Bertz CT molecular complexity index is 993. The minimum Gasteiger partial charge on any atom is -0.396 e. The van der Waals surface area contributed by atoms with Crippen molar-refractivity contribution in [2.75, 3.05) is 11.9 Å². The molecule has 0 aliphatic rings. The minimum absolute atomic E-state index is 0.0326. The molecule has 2 aromatic carbocycles. The van der Waals surface area contributed by atoms with Crippen LogP contribution in [0.5, 0.6) is 0 Å². The van der Waals surface area contributed by atoms with Crippen molar-refractivity contribution in [1.82, 2.24) is 9.78 Å². The first kappa shape index (κ1) is 19.7. The quantitative estimate of drug-likeness (QED) is 0.600. The van der Waals surface area contributed by atoms with Crippen LogP contribution in [-0.2, 0) is 0 Å². The zero-order chi connectivity index (χ0) is 19.4. The van der Waals surface area contributed by atoms with Gasteiger partial charge in [-0.15, -0.1) is 0 Å². The molecule has 3 rings (SSSR count). The van der Waals surface area contributed by atoms with Crippen LogP contribution in [0.25, 0.3) is 5.69 Å². The highest BCUT2D eigenvalue weighted by molar-refractivity contribution is 6.41. The highest BCUT2D eigenvalue weighted by Gasteiger charge is 2.14. The first-order valence-electron chi connectivity index (χ1n) is 8.17. The number of hydrogen-bond acceptors (Lipinski definition) is 4. The van der Waals surface area contributed by atoms with E-state index >= 15 is 0 Å². The van der Waals surface area contributed by atoms with Gasteiger partial charge in [0.1, 0.15) is 5.02 Å². The van der Waals surface area contributed by atoms with Crippen molar-refractivity contribution in [3.8, 4) is 5.69 Å². The molecule has 0 saturated carbocycles. The van der Waals surface area contributed by atoms with Crippen LogP contribution in [0.3, 0.4) is 0 Å². The third kappa shape index (κ3) is 4.45. The number of nitrogens with one attached hydrogen (secondary N) is 1. The van der Waals surface area contributed by atoms with Crippen LogP contribution >= 0.6 is 34.8 Å². The molecule has 0 bridgehead atoms. The maximum absolute atomic E-state index is 12.2. The topological polar surface area (TPSA) is 67.2 Å². The average molecular weight is 425 g/mol. The zero-order valence-corrected chi connectivity index (χ0v) is 16.3. The molecule has 0 aliphatic carbocycles. The molecule has 1 heterocycles. The molecule has 0 aliphatic heterocycles. The molecule has 3 aromatic rings. The average Bonchev–Trinajstić information content (AvgIpc) is 2.68. The maximum atomic E-state index is 12.2.